The molecule has 144 valence electrons. The molecule has 3 heterocycles. The smallest absolute Gasteiger partial charge is 0.319 e. The van der Waals surface area contributed by atoms with Crippen LogP contribution in [-0.4, -0.2) is 98.5 Å². The van der Waals surface area contributed by atoms with E-state index in [0.717, 1.165) is 32.0 Å². The topological polar surface area (TPSA) is 93.2 Å². The first-order valence-corrected chi connectivity index (χ1v) is 8.89. The lowest BCUT2D eigenvalue weighted by atomic mass is 10.2. The number of aromatic nitrogens is 1. The van der Waals surface area contributed by atoms with E-state index < -0.39 is 6.10 Å². The lowest BCUT2D eigenvalue weighted by molar-refractivity contribution is 0.158. The van der Waals surface area contributed by atoms with Crippen molar-refractivity contribution >= 4 is 17.5 Å². The Hall–Kier alpha value is -2.10. The minimum Gasteiger partial charge on any atom is -0.479 e. The molecule has 9 nitrogen and oxygen atoms in total. The average molecular weight is 364 g/mol. The SMILES string of the molecule is COc1nc(N2CCN(C)CC2)ccc1NC(=O)N[C@@H]1CN(C)C[C@H]1O. The van der Waals surface area contributed by atoms with E-state index in [-0.39, 0.29) is 12.1 Å². The predicted octanol–water partition coefficient (Wildman–Crippen LogP) is -0.362. The maximum absolute atomic E-state index is 12.3. The van der Waals surface area contributed by atoms with Gasteiger partial charge < -0.3 is 35.2 Å². The molecule has 2 aliphatic heterocycles. The van der Waals surface area contributed by atoms with E-state index in [2.05, 4.69) is 32.5 Å². The summed E-state index contributed by atoms with van der Waals surface area (Å²) in [5, 5.41) is 15.5. The number of anilines is 2. The highest BCUT2D eigenvalue weighted by atomic mass is 16.5. The third kappa shape index (κ3) is 4.35. The second-order valence-electron chi connectivity index (χ2n) is 7.01. The van der Waals surface area contributed by atoms with Gasteiger partial charge in [-0.3, -0.25) is 0 Å². The number of pyridine rings is 1. The van der Waals surface area contributed by atoms with Gasteiger partial charge in [-0.25, -0.2) is 4.79 Å². The molecule has 2 saturated heterocycles. The lowest BCUT2D eigenvalue weighted by Gasteiger charge is -2.33. The van der Waals surface area contributed by atoms with Gasteiger partial charge in [-0.15, -0.1) is 0 Å². The summed E-state index contributed by atoms with van der Waals surface area (Å²) in [6.45, 7) is 4.97. The van der Waals surface area contributed by atoms with E-state index in [0.29, 0.717) is 24.7 Å². The van der Waals surface area contributed by atoms with Crippen molar-refractivity contribution in [1.29, 1.82) is 0 Å². The third-order valence-corrected chi connectivity index (χ3v) is 4.90. The number of ether oxygens (including phenoxy) is 1. The number of carbonyl (C=O) groups excluding carboxylic acids is 1. The molecule has 26 heavy (non-hydrogen) atoms. The van der Waals surface area contributed by atoms with Gasteiger partial charge in [-0.05, 0) is 26.2 Å². The van der Waals surface area contributed by atoms with Crippen LogP contribution in [0, 0.1) is 0 Å². The van der Waals surface area contributed by atoms with Gasteiger partial charge in [0.25, 0.3) is 0 Å². The van der Waals surface area contributed by atoms with Crippen LogP contribution in [0.5, 0.6) is 5.88 Å². The van der Waals surface area contributed by atoms with Crippen molar-refractivity contribution in [1.82, 2.24) is 20.1 Å². The molecule has 0 aromatic carbocycles. The van der Waals surface area contributed by atoms with E-state index in [9.17, 15) is 9.90 Å². The Balaban J connectivity index is 1.63. The first kappa shape index (κ1) is 18.7. The molecule has 2 aliphatic rings. The summed E-state index contributed by atoms with van der Waals surface area (Å²) < 4.78 is 5.36. The Kier molecular flexibility index (Phi) is 5.80. The van der Waals surface area contributed by atoms with Crippen LogP contribution < -0.4 is 20.3 Å². The summed E-state index contributed by atoms with van der Waals surface area (Å²) in [4.78, 5) is 23.3. The van der Waals surface area contributed by atoms with Crippen molar-refractivity contribution in [2.24, 2.45) is 0 Å². The molecule has 3 rings (SSSR count). The molecule has 2 amide bonds. The van der Waals surface area contributed by atoms with Gasteiger partial charge in [0.2, 0.25) is 5.88 Å². The van der Waals surface area contributed by atoms with E-state index in [1.165, 1.54) is 7.11 Å². The number of aliphatic hydroxyl groups is 1. The van der Waals surface area contributed by atoms with Gasteiger partial charge in [0.1, 0.15) is 11.5 Å². The number of methoxy groups -OCH3 is 1. The van der Waals surface area contributed by atoms with Crippen LogP contribution >= 0.6 is 0 Å². The quantitative estimate of drug-likeness (QED) is 0.672. The van der Waals surface area contributed by atoms with Crippen LogP contribution in [0.4, 0.5) is 16.3 Å². The van der Waals surface area contributed by atoms with Crippen LogP contribution in [0.2, 0.25) is 0 Å². The molecule has 0 aliphatic carbocycles. The second kappa shape index (κ2) is 8.07. The number of carbonyl (C=O) groups is 1. The second-order valence-corrected chi connectivity index (χ2v) is 7.01. The van der Waals surface area contributed by atoms with Crippen LogP contribution in [0.15, 0.2) is 12.1 Å². The number of β-amino-alcohol motifs (C(OH)–C–C–N with tert-alkyl or cyclic N) is 1. The van der Waals surface area contributed by atoms with Crippen LogP contribution in [0.1, 0.15) is 0 Å². The number of rotatable bonds is 4. The monoisotopic (exact) mass is 364 g/mol. The summed E-state index contributed by atoms with van der Waals surface area (Å²) in [7, 11) is 5.55. The minimum absolute atomic E-state index is 0.288. The summed E-state index contributed by atoms with van der Waals surface area (Å²) in [5.74, 6) is 1.22. The van der Waals surface area contributed by atoms with Crippen molar-refractivity contribution in [2.75, 3.05) is 70.7 Å². The van der Waals surface area contributed by atoms with Gasteiger partial charge in [0.05, 0.1) is 19.3 Å². The van der Waals surface area contributed by atoms with Crippen molar-refractivity contribution in [2.45, 2.75) is 12.1 Å². The highest BCUT2D eigenvalue weighted by Gasteiger charge is 2.30. The number of nitrogens with one attached hydrogen (secondary N) is 2. The molecular weight excluding hydrogens is 336 g/mol. The molecule has 3 N–H and O–H groups in total. The first-order valence-electron chi connectivity index (χ1n) is 8.89. The highest BCUT2D eigenvalue weighted by Crippen LogP contribution is 2.26. The van der Waals surface area contributed by atoms with Gasteiger partial charge in [0, 0.05) is 39.3 Å². The van der Waals surface area contributed by atoms with E-state index in [1.807, 2.05) is 18.0 Å². The number of piperazine rings is 1. The number of likely N-dealkylation sites (N-methyl/N-ethyl adjacent to an activating group) is 2. The molecule has 0 unspecified atom stereocenters. The summed E-state index contributed by atoms with van der Waals surface area (Å²) in [5.41, 5.74) is 0.503. The zero-order valence-corrected chi connectivity index (χ0v) is 15.6. The third-order valence-electron chi connectivity index (χ3n) is 4.90. The fourth-order valence-corrected chi connectivity index (χ4v) is 3.34. The Morgan fingerprint density at radius 3 is 2.54 bits per heavy atom. The largest absolute Gasteiger partial charge is 0.479 e. The van der Waals surface area contributed by atoms with Crippen molar-refractivity contribution < 1.29 is 14.6 Å². The summed E-state index contributed by atoms with van der Waals surface area (Å²) in [6.07, 6.45) is -0.564. The molecular formula is C17H28N6O3. The number of hydrogen-bond donors (Lipinski definition) is 3. The molecule has 1 aromatic rings. The maximum atomic E-state index is 12.3. The maximum Gasteiger partial charge on any atom is 0.319 e. The van der Waals surface area contributed by atoms with Gasteiger partial charge in [-0.1, -0.05) is 0 Å². The number of urea groups is 1. The fourth-order valence-electron chi connectivity index (χ4n) is 3.34. The fraction of sp³-hybridized carbons (Fsp3) is 0.647. The minimum atomic E-state index is -0.564. The Bertz CT molecular complexity index is 635. The lowest BCUT2D eigenvalue weighted by Crippen LogP contribution is -2.45. The van der Waals surface area contributed by atoms with E-state index in [1.54, 1.807) is 6.07 Å². The number of likely N-dealkylation sites (tertiary alicyclic amines) is 1. The van der Waals surface area contributed by atoms with Crippen molar-refractivity contribution in [3.05, 3.63) is 12.1 Å². The van der Waals surface area contributed by atoms with Crippen molar-refractivity contribution in [3.63, 3.8) is 0 Å². The molecule has 0 radical (unpaired) electrons. The number of nitrogens with zero attached hydrogens (tertiary/aromatic N) is 4. The average Bonchev–Trinajstić information content (AvgIpc) is 2.93. The Labute approximate surface area is 153 Å². The summed E-state index contributed by atoms with van der Waals surface area (Å²) in [6, 6.07) is 3.03. The standard InChI is InChI=1S/C17H28N6O3/c1-21-6-8-23(9-7-21)15-5-4-12(16(20-15)26-3)18-17(25)19-13-10-22(2)11-14(13)24/h4-5,13-14,24H,6-11H2,1-3H3,(H2,18,19,25)/t13-,14-/m1/s1. The van der Waals surface area contributed by atoms with Crippen LogP contribution in [-0.2, 0) is 0 Å². The summed E-state index contributed by atoms with van der Waals surface area (Å²) >= 11 is 0. The molecule has 0 spiro atoms. The first-order chi connectivity index (χ1) is 12.5. The van der Waals surface area contributed by atoms with E-state index >= 15 is 0 Å². The van der Waals surface area contributed by atoms with Crippen molar-refractivity contribution in [3.8, 4) is 5.88 Å². The van der Waals surface area contributed by atoms with Crippen LogP contribution in [0.25, 0.3) is 0 Å². The Morgan fingerprint density at radius 2 is 1.92 bits per heavy atom. The number of amides is 2. The normalized spacial score (nSPS) is 24.5. The zero-order chi connectivity index (χ0) is 18.7. The van der Waals surface area contributed by atoms with E-state index in [4.69, 9.17) is 4.74 Å². The zero-order valence-electron chi connectivity index (χ0n) is 15.6. The molecule has 2 fully saturated rings. The van der Waals surface area contributed by atoms with Crippen LogP contribution in [0.3, 0.4) is 0 Å². The number of aliphatic hydroxyl groups excluding tert-OH is 1. The highest BCUT2D eigenvalue weighted by molar-refractivity contribution is 5.91. The number of hydrogen-bond acceptors (Lipinski definition) is 7. The molecule has 0 saturated carbocycles. The molecule has 0 bridgehead atoms. The molecule has 9 heteroatoms. The Morgan fingerprint density at radius 1 is 1.19 bits per heavy atom. The van der Waals surface area contributed by atoms with Gasteiger partial charge in [-0.2, -0.15) is 4.98 Å². The predicted molar refractivity (Wildman–Crippen MR) is 99.9 cm³/mol. The molecule has 1 aromatic heterocycles. The molecule has 2 atom stereocenters. The van der Waals surface area contributed by atoms with Gasteiger partial charge in [0.15, 0.2) is 0 Å². The van der Waals surface area contributed by atoms with Gasteiger partial charge >= 0.3 is 6.03 Å².